The van der Waals surface area contributed by atoms with Crippen molar-refractivity contribution in [3.63, 3.8) is 0 Å². The molecule has 1 aromatic heterocycles. The van der Waals surface area contributed by atoms with Crippen molar-refractivity contribution in [1.82, 2.24) is 20.4 Å². The van der Waals surface area contributed by atoms with Crippen molar-refractivity contribution in [3.8, 4) is 0 Å². The molecule has 0 radical (unpaired) electrons. The van der Waals surface area contributed by atoms with E-state index in [0.29, 0.717) is 24.2 Å². The van der Waals surface area contributed by atoms with Gasteiger partial charge in [-0.25, -0.2) is 0 Å². The average Bonchev–Trinajstić information content (AvgIpc) is 2.94. The summed E-state index contributed by atoms with van der Waals surface area (Å²) in [6.45, 7) is 5.94. The fraction of sp³-hybridized carbons (Fsp3) is 0.692. The van der Waals surface area contributed by atoms with Gasteiger partial charge in [-0.2, -0.15) is 5.10 Å². The maximum atomic E-state index is 12.0. The first-order valence-corrected chi connectivity index (χ1v) is 6.63. The number of nitrogens with one attached hydrogen (secondary N) is 2. The van der Waals surface area contributed by atoms with E-state index in [1.165, 1.54) is 6.42 Å². The van der Waals surface area contributed by atoms with E-state index in [4.69, 9.17) is 0 Å². The normalized spacial score (nSPS) is 18.4. The largest absolute Gasteiger partial charge is 0.349 e. The minimum absolute atomic E-state index is 0. The van der Waals surface area contributed by atoms with E-state index < -0.39 is 0 Å². The van der Waals surface area contributed by atoms with Gasteiger partial charge in [0.15, 0.2) is 0 Å². The number of aromatic nitrogens is 2. The molecule has 19 heavy (non-hydrogen) atoms. The van der Waals surface area contributed by atoms with Crippen LogP contribution in [0.3, 0.4) is 0 Å². The van der Waals surface area contributed by atoms with Gasteiger partial charge in [-0.15, -0.1) is 12.4 Å². The molecule has 108 valence electrons. The van der Waals surface area contributed by atoms with Crippen molar-refractivity contribution in [3.05, 3.63) is 17.5 Å². The van der Waals surface area contributed by atoms with Gasteiger partial charge in [0.2, 0.25) is 0 Å². The van der Waals surface area contributed by atoms with Crippen LogP contribution in [-0.4, -0.2) is 34.8 Å². The van der Waals surface area contributed by atoms with Crippen molar-refractivity contribution in [1.29, 1.82) is 0 Å². The van der Waals surface area contributed by atoms with Crippen molar-refractivity contribution in [2.24, 2.45) is 7.05 Å². The number of rotatable bonds is 4. The number of hydrogen-bond donors (Lipinski definition) is 2. The van der Waals surface area contributed by atoms with Gasteiger partial charge >= 0.3 is 0 Å². The van der Waals surface area contributed by atoms with Gasteiger partial charge in [-0.3, -0.25) is 9.48 Å². The average molecular weight is 287 g/mol. The van der Waals surface area contributed by atoms with Crippen molar-refractivity contribution >= 4 is 18.3 Å². The first kappa shape index (κ1) is 16.0. The predicted octanol–water partition coefficient (Wildman–Crippen LogP) is 1.45. The molecule has 1 atom stereocenters. The molecule has 1 fully saturated rings. The van der Waals surface area contributed by atoms with Gasteiger partial charge in [0.25, 0.3) is 5.91 Å². The lowest BCUT2D eigenvalue weighted by Crippen LogP contribution is -2.37. The molecule has 1 amide bonds. The lowest BCUT2D eigenvalue weighted by molar-refractivity contribution is 0.0944. The van der Waals surface area contributed by atoms with Crippen LogP contribution in [0, 0.1) is 0 Å². The summed E-state index contributed by atoms with van der Waals surface area (Å²) in [6.07, 6.45) is 2.33. The number of amides is 1. The van der Waals surface area contributed by atoms with E-state index in [1.54, 1.807) is 4.68 Å². The highest BCUT2D eigenvalue weighted by atomic mass is 35.5. The second-order valence-corrected chi connectivity index (χ2v) is 5.24. The third kappa shape index (κ3) is 3.94. The van der Waals surface area contributed by atoms with Gasteiger partial charge in [0, 0.05) is 25.3 Å². The summed E-state index contributed by atoms with van der Waals surface area (Å²) in [5, 5.41) is 10.6. The van der Waals surface area contributed by atoms with Gasteiger partial charge in [0.1, 0.15) is 5.69 Å². The Balaban J connectivity index is 0.00000180. The Hall–Kier alpha value is -1.07. The smallest absolute Gasteiger partial charge is 0.271 e. The monoisotopic (exact) mass is 286 g/mol. The molecule has 6 heteroatoms. The Morgan fingerprint density at radius 2 is 2.37 bits per heavy atom. The number of halogens is 1. The molecule has 1 saturated heterocycles. The van der Waals surface area contributed by atoms with Crippen LogP contribution in [0.25, 0.3) is 0 Å². The molecule has 0 saturated carbocycles. The molecule has 2 N–H and O–H groups in total. The van der Waals surface area contributed by atoms with Crippen molar-refractivity contribution in [2.75, 3.05) is 13.1 Å². The second kappa shape index (κ2) is 6.91. The zero-order valence-corrected chi connectivity index (χ0v) is 12.6. The van der Waals surface area contributed by atoms with Crippen molar-refractivity contribution in [2.45, 2.75) is 38.6 Å². The first-order chi connectivity index (χ1) is 8.58. The number of carbonyl (C=O) groups excluding carboxylic acids is 1. The summed E-state index contributed by atoms with van der Waals surface area (Å²) < 4.78 is 1.79. The summed E-state index contributed by atoms with van der Waals surface area (Å²) >= 11 is 0. The third-order valence-corrected chi connectivity index (χ3v) is 3.41. The van der Waals surface area contributed by atoms with Crippen LogP contribution in [0.5, 0.6) is 0 Å². The fourth-order valence-electron chi connectivity index (χ4n) is 2.37. The Kier molecular flexibility index (Phi) is 5.82. The van der Waals surface area contributed by atoms with Crippen LogP contribution in [0.15, 0.2) is 6.07 Å². The molecular formula is C13H23ClN4O. The summed E-state index contributed by atoms with van der Waals surface area (Å²) in [5.41, 5.74) is 1.60. The molecule has 5 nitrogen and oxygen atoms in total. The molecule has 1 aliphatic heterocycles. The van der Waals surface area contributed by atoms with E-state index >= 15 is 0 Å². The lowest BCUT2D eigenvalue weighted by atomic mass is 10.1. The zero-order chi connectivity index (χ0) is 13.1. The summed E-state index contributed by atoms with van der Waals surface area (Å²) in [4.78, 5) is 12.0. The maximum absolute atomic E-state index is 12.0. The number of carbonyl (C=O) groups is 1. The van der Waals surface area contributed by atoms with Crippen LogP contribution in [-0.2, 0) is 7.05 Å². The number of nitrogens with zero attached hydrogens (tertiary/aromatic N) is 2. The zero-order valence-electron chi connectivity index (χ0n) is 11.8. The molecule has 0 bridgehead atoms. The standard InChI is InChI=1S/C13H22N4O.ClH/c1-9(2)12-7-11(16-17(12)3)13(18)15-8-10-5-4-6-14-10;/h7,9-10,14H,4-6,8H2,1-3H3,(H,15,18);1H. The Morgan fingerprint density at radius 3 is 2.89 bits per heavy atom. The molecule has 1 unspecified atom stereocenters. The molecule has 0 aliphatic carbocycles. The molecule has 2 heterocycles. The van der Waals surface area contributed by atoms with Gasteiger partial charge < -0.3 is 10.6 Å². The van der Waals surface area contributed by atoms with Crippen LogP contribution in [0.4, 0.5) is 0 Å². The maximum Gasteiger partial charge on any atom is 0.271 e. The fourth-order valence-corrected chi connectivity index (χ4v) is 2.37. The van der Waals surface area contributed by atoms with E-state index in [1.807, 2.05) is 13.1 Å². The minimum Gasteiger partial charge on any atom is -0.349 e. The Bertz CT molecular complexity index is 424. The number of hydrogen-bond acceptors (Lipinski definition) is 3. The third-order valence-electron chi connectivity index (χ3n) is 3.41. The summed E-state index contributed by atoms with van der Waals surface area (Å²) in [5.74, 6) is 0.298. The highest BCUT2D eigenvalue weighted by molar-refractivity contribution is 5.92. The molecule has 1 aliphatic rings. The quantitative estimate of drug-likeness (QED) is 0.881. The lowest BCUT2D eigenvalue weighted by Gasteiger charge is -2.10. The molecule has 0 aromatic carbocycles. The summed E-state index contributed by atoms with van der Waals surface area (Å²) in [6, 6.07) is 2.30. The first-order valence-electron chi connectivity index (χ1n) is 6.63. The van der Waals surface area contributed by atoms with E-state index in [-0.39, 0.29) is 18.3 Å². The number of aryl methyl sites for hydroxylation is 1. The second-order valence-electron chi connectivity index (χ2n) is 5.24. The Morgan fingerprint density at radius 1 is 1.63 bits per heavy atom. The van der Waals surface area contributed by atoms with E-state index in [2.05, 4.69) is 29.6 Å². The minimum atomic E-state index is -0.0776. The highest BCUT2D eigenvalue weighted by Crippen LogP contribution is 2.14. The Labute approximate surface area is 120 Å². The molecule has 2 rings (SSSR count). The molecular weight excluding hydrogens is 264 g/mol. The van der Waals surface area contributed by atoms with Crippen LogP contribution in [0.1, 0.15) is 48.8 Å². The summed E-state index contributed by atoms with van der Waals surface area (Å²) in [7, 11) is 1.88. The van der Waals surface area contributed by atoms with Crippen LogP contribution >= 0.6 is 12.4 Å². The van der Waals surface area contributed by atoms with Crippen LogP contribution in [0.2, 0.25) is 0 Å². The predicted molar refractivity (Wildman–Crippen MR) is 77.9 cm³/mol. The topological polar surface area (TPSA) is 59.0 Å². The molecule has 0 spiro atoms. The van der Waals surface area contributed by atoms with Gasteiger partial charge in [0.05, 0.1) is 0 Å². The highest BCUT2D eigenvalue weighted by Gasteiger charge is 2.18. The van der Waals surface area contributed by atoms with Crippen LogP contribution < -0.4 is 10.6 Å². The van der Waals surface area contributed by atoms with E-state index in [0.717, 1.165) is 18.7 Å². The van der Waals surface area contributed by atoms with Gasteiger partial charge in [-0.05, 0) is 31.4 Å². The van der Waals surface area contributed by atoms with E-state index in [9.17, 15) is 4.79 Å². The SMILES string of the molecule is CC(C)c1cc(C(=O)NCC2CCCN2)nn1C.Cl. The van der Waals surface area contributed by atoms with Crippen molar-refractivity contribution < 1.29 is 4.79 Å². The van der Waals surface area contributed by atoms with Gasteiger partial charge in [-0.1, -0.05) is 13.8 Å². The molecule has 1 aromatic rings.